The zero-order valence-corrected chi connectivity index (χ0v) is 15.5. The standard InChI is InChI=1S/C19H34N4O/c1-3-8-23-16(2)18(12-20-23)13-21-9-4-5-19(14-21)22-10-6-17(15-24)7-11-22/h12,17,19,24H,3-11,13-15H2,1-2H3/t19-/m0/s1. The molecule has 0 aliphatic carbocycles. The third kappa shape index (κ3) is 4.19. The maximum Gasteiger partial charge on any atom is 0.0537 e. The first-order valence-electron chi connectivity index (χ1n) is 9.79. The zero-order chi connectivity index (χ0) is 16.9. The molecule has 0 radical (unpaired) electrons. The van der Waals surface area contributed by atoms with Crippen molar-refractivity contribution >= 4 is 0 Å². The van der Waals surface area contributed by atoms with Crippen LogP contribution in [0.25, 0.3) is 0 Å². The second kappa shape index (κ2) is 8.45. The molecule has 0 unspecified atom stereocenters. The predicted octanol–water partition coefficient (Wildman–Crippen LogP) is 2.27. The molecule has 2 aliphatic rings. The normalized spacial score (nSPS) is 24.5. The van der Waals surface area contributed by atoms with Crippen molar-refractivity contribution in [1.29, 1.82) is 0 Å². The first-order valence-corrected chi connectivity index (χ1v) is 9.79. The van der Waals surface area contributed by atoms with Gasteiger partial charge in [0, 0.05) is 43.5 Å². The highest BCUT2D eigenvalue weighted by molar-refractivity contribution is 5.16. The minimum atomic E-state index is 0.367. The lowest BCUT2D eigenvalue weighted by molar-refractivity contribution is 0.0543. The van der Waals surface area contributed by atoms with Crippen LogP contribution in [-0.4, -0.2) is 63.5 Å². The van der Waals surface area contributed by atoms with Gasteiger partial charge < -0.3 is 5.11 Å². The molecule has 0 saturated carbocycles. The summed E-state index contributed by atoms with van der Waals surface area (Å²) in [5, 5.41) is 13.9. The zero-order valence-electron chi connectivity index (χ0n) is 15.5. The van der Waals surface area contributed by atoms with E-state index in [4.69, 9.17) is 0 Å². The summed E-state index contributed by atoms with van der Waals surface area (Å²) in [5.41, 5.74) is 2.73. The topological polar surface area (TPSA) is 44.5 Å². The van der Waals surface area contributed by atoms with Crippen LogP contribution in [0.2, 0.25) is 0 Å². The molecule has 5 heteroatoms. The van der Waals surface area contributed by atoms with Gasteiger partial charge in [-0.15, -0.1) is 0 Å². The lowest BCUT2D eigenvalue weighted by Gasteiger charge is -2.42. The lowest BCUT2D eigenvalue weighted by Crippen LogP contribution is -2.50. The van der Waals surface area contributed by atoms with Crippen LogP contribution in [0.3, 0.4) is 0 Å². The Kier molecular flexibility index (Phi) is 6.31. The molecule has 0 bridgehead atoms. The summed E-state index contributed by atoms with van der Waals surface area (Å²) >= 11 is 0. The maximum absolute atomic E-state index is 9.33. The van der Waals surface area contributed by atoms with Gasteiger partial charge in [-0.2, -0.15) is 5.10 Å². The van der Waals surface area contributed by atoms with Gasteiger partial charge in [0.1, 0.15) is 0 Å². The minimum Gasteiger partial charge on any atom is -0.396 e. The van der Waals surface area contributed by atoms with Crippen molar-refractivity contribution in [3.05, 3.63) is 17.5 Å². The molecule has 3 rings (SSSR count). The Labute approximate surface area is 146 Å². The quantitative estimate of drug-likeness (QED) is 0.867. The minimum absolute atomic E-state index is 0.367. The fraction of sp³-hybridized carbons (Fsp3) is 0.842. The number of hydrogen-bond acceptors (Lipinski definition) is 4. The number of rotatable bonds is 6. The van der Waals surface area contributed by atoms with Crippen LogP contribution in [0, 0.1) is 12.8 Å². The van der Waals surface area contributed by atoms with Gasteiger partial charge in [0.15, 0.2) is 0 Å². The Balaban J connectivity index is 1.54. The average molecular weight is 335 g/mol. The molecule has 0 amide bonds. The highest BCUT2D eigenvalue weighted by Crippen LogP contribution is 2.24. The van der Waals surface area contributed by atoms with E-state index in [0.717, 1.165) is 45.4 Å². The Bertz CT molecular complexity index is 507. The SMILES string of the molecule is CCCn1ncc(CN2CCC[C@H](N3CCC(CO)CC3)C2)c1C. The van der Waals surface area contributed by atoms with Crippen molar-refractivity contribution in [2.75, 3.05) is 32.8 Å². The molecule has 1 aromatic heterocycles. The summed E-state index contributed by atoms with van der Waals surface area (Å²) in [7, 11) is 0. The van der Waals surface area contributed by atoms with Gasteiger partial charge in [0.25, 0.3) is 0 Å². The van der Waals surface area contributed by atoms with Crippen LogP contribution in [0.4, 0.5) is 0 Å². The van der Waals surface area contributed by atoms with Gasteiger partial charge in [-0.3, -0.25) is 14.5 Å². The molecule has 2 aliphatic heterocycles. The van der Waals surface area contributed by atoms with Crippen molar-refractivity contribution in [3.8, 4) is 0 Å². The van der Waals surface area contributed by atoms with Gasteiger partial charge >= 0.3 is 0 Å². The fourth-order valence-corrected chi connectivity index (χ4v) is 4.29. The maximum atomic E-state index is 9.33. The van der Waals surface area contributed by atoms with E-state index in [-0.39, 0.29) is 0 Å². The van der Waals surface area contributed by atoms with Crippen molar-refractivity contribution in [1.82, 2.24) is 19.6 Å². The molecule has 5 nitrogen and oxygen atoms in total. The molecule has 136 valence electrons. The number of aryl methyl sites for hydroxylation is 1. The molecule has 1 aromatic rings. The summed E-state index contributed by atoms with van der Waals surface area (Å²) in [6.07, 6.45) is 8.16. The van der Waals surface area contributed by atoms with Crippen LogP contribution in [0.15, 0.2) is 6.20 Å². The summed E-state index contributed by atoms with van der Waals surface area (Å²) < 4.78 is 2.15. The average Bonchev–Trinajstić information content (AvgIpc) is 2.96. The van der Waals surface area contributed by atoms with E-state index in [0.29, 0.717) is 18.6 Å². The first-order chi connectivity index (χ1) is 11.7. The van der Waals surface area contributed by atoms with Gasteiger partial charge in [0.2, 0.25) is 0 Å². The van der Waals surface area contributed by atoms with E-state index in [1.165, 1.54) is 37.2 Å². The largest absolute Gasteiger partial charge is 0.396 e. The van der Waals surface area contributed by atoms with Gasteiger partial charge in [-0.05, 0) is 64.6 Å². The Hall–Kier alpha value is -0.910. The third-order valence-electron chi connectivity index (χ3n) is 5.94. The van der Waals surface area contributed by atoms with Crippen molar-refractivity contribution in [2.45, 2.75) is 65.1 Å². The molecular weight excluding hydrogens is 300 g/mol. The first kappa shape index (κ1) is 17.9. The predicted molar refractivity (Wildman–Crippen MR) is 96.9 cm³/mol. The van der Waals surface area contributed by atoms with E-state index < -0.39 is 0 Å². The highest BCUT2D eigenvalue weighted by atomic mass is 16.3. The third-order valence-corrected chi connectivity index (χ3v) is 5.94. The van der Waals surface area contributed by atoms with Crippen LogP contribution >= 0.6 is 0 Å². The number of aliphatic hydroxyl groups excluding tert-OH is 1. The Morgan fingerprint density at radius 2 is 2.00 bits per heavy atom. The van der Waals surface area contributed by atoms with Gasteiger partial charge in [-0.1, -0.05) is 6.92 Å². The lowest BCUT2D eigenvalue weighted by atomic mass is 9.94. The molecule has 24 heavy (non-hydrogen) atoms. The Morgan fingerprint density at radius 1 is 1.21 bits per heavy atom. The number of likely N-dealkylation sites (tertiary alicyclic amines) is 2. The fourth-order valence-electron chi connectivity index (χ4n) is 4.29. The molecular formula is C19H34N4O. The summed E-state index contributed by atoms with van der Waals surface area (Å²) in [5.74, 6) is 0.535. The van der Waals surface area contributed by atoms with Crippen LogP contribution in [-0.2, 0) is 13.1 Å². The van der Waals surface area contributed by atoms with Crippen molar-refractivity contribution in [2.24, 2.45) is 5.92 Å². The summed E-state index contributed by atoms with van der Waals surface area (Å²) in [6.45, 7) is 11.6. The van der Waals surface area contributed by atoms with Crippen LogP contribution < -0.4 is 0 Å². The number of piperidine rings is 2. The second-order valence-electron chi connectivity index (χ2n) is 7.67. The Morgan fingerprint density at radius 3 is 2.71 bits per heavy atom. The molecule has 0 aromatic carbocycles. The summed E-state index contributed by atoms with van der Waals surface area (Å²) in [6, 6.07) is 0.699. The number of aromatic nitrogens is 2. The molecule has 3 heterocycles. The van der Waals surface area contributed by atoms with Crippen LogP contribution in [0.1, 0.15) is 50.3 Å². The highest BCUT2D eigenvalue weighted by Gasteiger charge is 2.28. The van der Waals surface area contributed by atoms with E-state index in [1.54, 1.807) is 0 Å². The molecule has 1 N–H and O–H groups in total. The summed E-state index contributed by atoms with van der Waals surface area (Å²) in [4.78, 5) is 5.29. The monoisotopic (exact) mass is 334 g/mol. The second-order valence-corrected chi connectivity index (χ2v) is 7.67. The van der Waals surface area contributed by atoms with Crippen molar-refractivity contribution < 1.29 is 5.11 Å². The van der Waals surface area contributed by atoms with Gasteiger partial charge in [-0.25, -0.2) is 0 Å². The van der Waals surface area contributed by atoms with Crippen LogP contribution in [0.5, 0.6) is 0 Å². The number of hydrogen-bond donors (Lipinski definition) is 1. The molecule has 1 atom stereocenters. The van der Waals surface area contributed by atoms with E-state index in [1.807, 2.05) is 0 Å². The molecule has 2 fully saturated rings. The molecule has 2 saturated heterocycles. The smallest absolute Gasteiger partial charge is 0.0537 e. The van der Waals surface area contributed by atoms with E-state index in [9.17, 15) is 5.11 Å². The van der Waals surface area contributed by atoms with E-state index >= 15 is 0 Å². The van der Waals surface area contributed by atoms with Gasteiger partial charge in [0.05, 0.1) is 6.20 Å². The number of aliphatic hydroxyl groups is 1. The molecule has 0 spiro atoms. The van der Waals surface area contributed by atoms with E-state index in [2.05, 4.69) is 39.6 Å². The number of nitrogens with zero attached hydrogens (tertiary/aromatic N) is 4. The van der Waals surface area contributed by atoms with Crippen molar-refractivity contribution in [3.63, 3.8) is 0 Å².